The molecule has 1 aromatic carbocycles. The van der Waals surface area contributed by atoms with E-state index < -0.39 is 0 Å². The number of fused-ring (bicyclic) bond motifs is 1. The van der Waals surface area contributed by atoms with E-state index in [9.17, 15) is 4.79 Å². The first-order chi connectivity index (χ1) is 9.84. The van der Waals surface area contributed by atoms with Gasteiger partial charge in [-0.05, 0) is 37.0 Å². The molecular weight excluding hydrogens is 266 g/mol. The number of carbonyl (C=O) groups is 1. The number of hydrogen-bond acceptors (Lipinski definition) is 3. The first kappa shape index (κ1) is 15.5. The Morgan fingerprint density at radius 2 is 2.14 bits per heavy atom. The number of imidazole rings is 1. The maximum absolute atomic E-state index is 12.2. The number of amides is 1. The molecule has 5 nitrogen and oxygen atoms in total. The van der Waals surface area contributed by atoms with Crippen molar-refractivity contribution in [2.45, 2.75) is 27.2 Å². The SMILES string of the molecule is Cc1nc2cc(C(=O)NCC(C)(C)CCO)ccc2n1C. The Morgan fingerprint density at radius 1 is 1.43 bits per heavy atom. The number of aryl methyl sites for hydroxylation is 2. The number of benzene rings is 1. The topological polar surface area (TPSA) is 67.2 Å². The predicted molar refractivity (Wildman–Crippen MR) is 83.3 cm³/mol. The van der Waals surface area contributed by atoms with Crippen LogP contribution in [0.15, 0.2) is 18.2 Å². The third-order valence-corrected chi connectivity index (χ3v) is 3.88. The van der Waals surface area contributed by atoms with Gasteiger partial charge in [0.25, 0.3) is 5.91 Å². The number of hydrogen-bond donors (Lipinski definition) is 2. The summed E-state index contributed by atoms with van der Waals surface area (Å²) in [6.07, 6.45) is 0.658. The summed E-state index contributed by atoms with van der Waals surface area (Å²) in [7, 11) is 1.96. The van der Waals surface area contributed by atoms with E-state index >= 15 is 0 Å². The van der Waals surface area contributed by atoms with Gasteiger partial charge in [0.05, 0.1) is 11.0 Å². The van der Waals surface area contributed by atoms with Crippen LogP contribution in [0.1, 0.15) is 36.5 Å². The van der Waals surface area contributed by atoms with Gasteiger partial charge in [-0.25, -0.2) is 4.98 Å². The van der Waals surface area contributed by atoms with Gasteiger partial charge in [-0.15, -0.1) is 0 Å². The highest BCUT2D eigenvalue weighted by Gasteiger charge is 2.19. The number of carbonyl (C=O) groups excluding carboxylic acids is 1. The second-order valence-electron chi connectivity index (χ2n) is 6.24. The van der Waals surface area contributed by atoms with Crippen LogP contribution in [0, 0.1) is 12.3 Å². The fourth-order valence-electron chi connectivity index (χ4n) is 2.27. The van der Waals surface area contributed by atoms with Gasteiger partial charge in [0.2, 0.25) is 0 Å². The first-order valence-electron chi connectivity index (χ1n) is 7.16. The van der Waals surface area contributed by atoms with E-state index in [1.807, 2.05) is 50.6 Å². The van der Waals surface area contributed by atoms with Gasteiger partial charge in [-0.2, -0.15) is 0 Å². The third-order valence-electron chi connectivity index (χ3n) is 3.88. The fraction of sp³-hybridized carbons (Fsp3) is 0.500. The molecule has 0 saturated heterocycles. The number of nitrogens with zero attached hydrogens (tertiary/aromatic N) is 2. The molecule has 0 unspecified atom stereocenters. The van der Waals surface area contributed by atoms with Crippen molar-refractivity contribution >= 4 is 16.9 Å². The van der Waals surface area contributed by atoms with E-state index in [0.29, 0.717) is 18.5 Å². The van der Waals surface area contributed by atoms with E-state index in [0.717, 1.165) is 16.9 Å². The molecule has 1 heterocycles. The maximum Gasteiger partial charge on any atom is 0.251 e. The van der Waals surface area contributed by atoms with Crippen molar-refractivity contribution in [3.63, 3.8) is 0 Å². The van der Waals surface area contributed by atoms with Gasteiger partial charge in [0.15, 0.2) is 0 Å². The molecule has 1 aromatic heterocycles. The van der Waals surface area contributed by atoms with Gasteiger partial charge in [-0.1, -0.05) is 13.8 Å². The standard InChI is InChI=1S/C16H23N3O2/c1-11-18-13-9-12(5-6-14(13)19(11)4)15(21)17-10-16(2,3)7-8-20/h5-6,9,20H,7-8,10H2,1-4H3,(H,17,21). The largest absolute Gasteiger partial charge is 0.396 e. The molecule has 2 aromatic rings. The molecule has 0 saturated carbocycles. The van der Waals surface area contributed by atoms with Crippen molar-refractivity contribution in [3.8, 4) is 0 Å². The molecule has 2 rings (SSSR count). The number of aliphatic hydroxyl groups is 1. The normalized spacial score (nSPS) is 11.9. The van der Waals surface area contributed by atoms with Crippen molar-refractivity contribution in [1.82, 2.24) is 14.9 Å². The lowest BCUT2D eigenvalue weighted by molar-refractivity contribution is 0.0928. The monoisotopic (exact) mass is 289 g/mol. The van der Waals surface area contributed by atoms with E-state index in [1.54, 1.807) is 0 Å². The first-order valence-corrected chi connectivity index (χ1v) is 7.16. The molecule has 5 heteroatoms. The quantitative estimate of drug-likeness (QED) is 0.885. The fourth-order valence-corrected chi connectivity index (χ4v) is 2.27. The van der Waals surface area contributed by atoms with E-state index in [-0.39, 0.29) is 17.9 Å². The van der Waals surface area contributed by atoms with Gasteiger partial charge < -0.3 is 15.0 Å². The summed E-state index contributed by atoms with van der Waals surface area (Å²) in [5.74, 6) is 0.817. The van der Waals surface area contributed by atoms with Crippen LogP contribution in [-0.4, -0.2) is 33.7 Å². The van der Waals surface area contributed by atoms with Gasteiger partial charge >= 0.3 is 0 Å². The Kier molecular flexibility index (Phi) is 4.32. The van der Waals surface area contributed by atoms with Crippen molar-refractivity contribution in [3.05, 3.63) is 29.6 Å². The van der Waals surface area contributed by atoms with Gasteiger partial charge in [0.1, 0.15) is 5.82 Å². The molecule has 0 aliphatic rings. The van der Waals surface area contributed by atoms with E-state index in [2.05, 4.69) is 10.3 Å². The minimum Gasteiger partial charge on any atom is -0.396 e. The Morgan fingerprint density at radius 3 is 2.81 bits per heavy atom. The summed E-state index contributed by atoms with van der Waals surface area (Å²) in [5.41, 5.74) is 2.35. The van der Waals surface area contributed by atoms with Crippen molar-refractivity contribution in [1.29, 1.82) is 0 Å². The zero-order valence-corrected chi connectivity index (χ0v) is 13.1. The third kappa shape index (κ3) is 3.42. The second-order valence-corrected chi connectivity index (χ2v) is 6.24. The minimum atomic E-state index is -0.115. The highest BCUT2D eigenvalue weighted by Crippen LogP contribution is 2.19. The summed E-state index contributed by atoms with van der Waals surface area (Å²) in [4.78, 5) is 16.7. The Balaban J connectivity index is 2.13. The zero-order chi connectivity index (χ0) is 15.6. The molecule has 114 valence electrons. The number of aliphatic hydroxyl groups excluding tert-OH is 1. The average molecular weight is 289 g/mol. The number of rotatable bonds is 5. The van der Waals surface area contributed by atoms with Crippen LogP contribution >= 0.6 is 0 Å². The van der Waals surface area contributed by atoms with Crippen LogP contribution in [0.5, 0.6) is 0 Å². The van der Waals surface area contributed by atoms with Crippen molar-refractivity contribution < 1.29 is 9.90 Å². The Hall–Kier alpha value is -1.88. The van der Waals surface area contributed by atoms with Gasteiger partial charge in [-0.3, -0.25) is 4.79 Å². The molecule has 2 N–H and O–H groups in total. The molecule has 0 fully saturated rings. The Labute approximate surface area is 125 Å². The predicted octanol–water partition coefficient (Wildman–Crippen LogP) is 2.02. The summed E-state index contributed by atoms with van der Waals surface area (Å²) in [6.45, 7) is 6.65. The lowest BCUT2D eigenvalue weighted by Gasteiger charge is -2.23. The number of nitrogens with one attached hydrogen (secondary N) is 1. The van der Waals surface area contributed by atoms with E-state index in [1.165, 1.54) is 0 Å². The summed E-state index contributed by atoms with van der Waals surface area (Å²) in [5, 5.41) is 11.9. The van der Waals surface area contributed by atoms with Gasteiger partial charge in [0, 0.05) is 25.8 Å². The lowest BCUT2D eigenvalue weighted by Crippen LogP contribution is -2.34. The van der Waals surface area contributed by atoms with E-state index in [4.69, 9.17) is 5.11 Å². The Bertz CT molecular complexity index is 659. The van der Waals surface area contributed by atoms with Crippen LogP contribution in [-0.2, 0) is 7.05 Å². The molecule has 0 radical (unpaired) electrons. The lowest BCUT2D eigenvalue weighted by atomic mass is 9.89. The second kappa shape index (κ2) is 5.85. The summed E-state index contributed by atoms with van der Waals surface area (Å²) in [6, 6.07) is 5.55. The molecule has 0 spiro atoms. The number of aromatic nitrogens is 2. The molecule has 0 aliphatic heterocycles. The summed E-state index contributed by atoms with van der Waals surface area (Å²) >= 11 is 0. The van der Waals surface area contributed by atoms with Crippen LogP contribution in [0.3, 0.4) is 0 Å². The molecule has 0 aliphatic carbocycles. The molecule has 1 amide bonds. The van der Waals surface area contributed by atoms with Crippen LogP contribution in [0.2, 0.25) is 0 Å². The molecule has 21 heavy (non-hydrogen) atoms. The summed E-state index contributed by atoms with van der Waals surface area (Å²) < 4.78 is 2.00. The van der Waals surface area contributed by atoms with Crippen molar-refractivity contribution in [2.24, 2.45) is 12.5 Å². The molecule has 0 bridgehead atoms. The molecule has 0 atom stereocenters. The van der Waals surface area contributed by atoms with Crippen LogP contribution < -0.4 is 5.32 Å². The maximum atomic E-state index is 12.2. The smallest absolute Gasteiger partial charge is 0.251 e. The highest BCUT2D eigenvalue weighted by atomic mass is 16.3. The zero-order valence-electron chi connectivity index (χ0n) is 13.1. The average Bonchev–Trinajstić information content (AvgIpc) is 2.71. The van der Waals surface area contributed by atoms with Crippen LogP contribution in [0.4, 0.5) is 0 Å². The minimum absolute atomic E-state index is 0.105. The van der Waals surface area contributed by atoms with Crippen molar-refractivity contribution in [2.75, 3.05) is 13.2 Å². The molecular formula is C16H23N3O2. The highest BCUT2D eigenvalue weighted by molar-refractivity contribution is 5.97. The van der Waals surface area contributed by atoms with Crippen LogP contribution in [0.25, 0.3) is 11.0 Å².